The highest BCUT2D eigenvalue weighted by Gasteiger charge is 2.26. The third kappa shape index (κ3) is 3.23. The van der Waals surface area contributed by atoms with Crippen LogP contribution < -0.4 is 4.90 Å². The minimum atomic E-state index is 0.0857. The molecule has 0 saturated carbocycles. The maximum atomic E-state index is 13.0. The molecule has 7 nitrogen and oxygen atoms in total. The topological polar surface area (TPSA) is 67.2 Å². The molecule has 1 amide bonds. The number of amides is 1. The molecule has 0 atom stereocenters. The second-order valence-corrected chi connectivity index (χ2v) is 8.32. The summed E-state index contributed by atoms with van der Waals surface area (Å²) in [5.41, 5.74) is 6.68. The van der Waals surface area contributed by atoms with E-state index in [1.807, 2.05) is 58.4 Å². The molecule has 152 valence electrons. The molecule has 1 aliphatic rings. The Morgan fingerprint density at radius 3 is 2.63 bits per heavy atom. The number of thiazole rings is 1. The lowest BCUT2D eigenvalue weighted by Gasteiger charge is -2.36. The molecular weight excluding hydrogens is 396 g/mol. The summed E-state index contributed by atoms with van der Waals surface area (Å²) in [6.45, 7) is 7.05. The number of carbonyl (C=O) groups excluding carboxylic acids is 1. The number of aromatic nitrogens is 4. The van der Waals surface area contributed by atoms with Crippen molar-refractivity contribution < 1.29 is 4.79 Å². The molecule has 8 heteroatoms. The van der Waals surface area contributed by atoms with Gasteiger partial charge in [-0.05, 0) is 44.2 Å². The van der Waals surface area contributed by atoms with Gasteiger partial charge in [-0.15, -0.1) is 11.3 Å². The van der Waals surface area contributed by atoms with Crippen molar-refractivity contribution in [3.05, 3.63) is 65.1 Å². The van der Waals surface area contributed by atoms with Gasteiger partial charge in [0.2, 0.25) is 0 Å². The van der Waals surface area contributed by atoms with Crippen molar-refractivity contribution in [1.82, 2.24) is 24.6 Å². The Kier molecular flexibility index (Phi) is 4.71. The fraction of sp³-hybridized carbons (Fsp3) is 0.273. The molecule has 0 unspecified atom stereocenters. The van der Waals surface area contributed by atoms with Crippen LogP contribution >= 0.6 is 11.3 Å². The smallest absolute Gasteiger partial charge is 0.254 e. The Morgan fingerprint density at radius 1 is 1.03 bits per heavy atom. The fourth-order valence-corrected chi connectivity index (χ4v) is 4.81. The Labute approximate surface area is 178 Å². The summed E-state index contributed by atoms with van der Waals surface area (Å²) in [5, 5.41) is 4.71. The number of piperazine rings is 1. The number of aryl methyl sites for hydroxylation is 1. The normalized spacial score (nSPS) is 14.5. The van der Waals surface area contributed by atoms with Gasteiger partial charge in [-0.2, -0.15) is 5.10 Å². The summed E-state index contributed by atoms with van der Waals surface area (Å²) < 4.78 is 2.94. The number of rotatable bonds is 3. The largest absolute Gasteiger partial charge is 0.365 e. The molecule has 0 radical (unpaired) electrons. The van der Waals surface area contributed by atoms with Crippen molar-refractivity contribution in [3.63, 3.8) is 0 Å². The van der Waals surface area contributed by atoms with E-state index in [2.05, 4.69) is 21.8 Å². The molecule has 1 fully saturated rings. The van der Waals surface area contributed by atoms with Crippen LogP contribution in [0.5, 0.6) is 0 Å². The van der Waals surface area contributed by atoms with Crippen molar-refractivity contribution >= 4 is 33.1 Å². The highest BCUT2D eigenvalue weighted by atomic mass is 32.1. The van der Waals surface area contributed by atoms with E-state index in [4.69, 9.17) is 5.10 Å². The van der Waals surface area contributed by atoms with Gasteiger partial charge in [0.1, 0.15) is 0 Å². The van der Waals surface area contributed by atoms with E-state index < -0.39 is 0 Å². The van der Waals surface area contributed by atoms with E-state index in [1.54, 1.807) is 17.5 Å². The highest BCUT2D eigenvalue weighted by Crippen LogP contribution is 2.28. The van der Waals surface area contributed by atoms with Crippen LogP contribution in [0.2, 0.25) is 0 Å². The second kappa shape index (κ2) is 7.53. The molecule has 4 aromatic rings. The second-order valence-electron chi connectivity index (χ2n) is 7.43. The quantitative estimate of drug-likeness (QED) is 0.510. The van der Waals surface area contributed by atoms with Crippen LogP contribution in [0.3, 0.4) is 0 Å². The van der Waals surface area contributed by atoms with Gasteiger partial charge in [-0.25, -0.2) is 14.6 Å². The lowest BCUT2D eigenvalue weighted by Crippen LogP contribution is -2.49. The van der Waals surface area contributed by atoms with Gasteiger partial charge >= 0.3 is 0 Å². The molecule has 0 bridgehead atoms. The Bertz CT molecular complexity index is 1210. The zero-order chi connectivity index (χ0) is 20.7. The average Bonchev–Trinajstić information content (AvgIpc) is 3.37. The van der Waals surface area contributed by atoms with E-state index in [1.165, 1.54) is 0 Å². The van der Waals surface area contributed by atoms with Crippen molar-refractivity contribution in [3.8, 4) is 5.82 Å². The summed E-state index contributed by atoms with van der Waals surface area (Å²) >= 11 is 1.56. The van der Waals surface area contributed by atoms with E-state index in [0.717, 1.165) is 51.8 Å². The molecule has 1 aliphatic heterocycles. The summed E-state index contributed by atoms with van der Waals surface area (Å²) in [6, 6.07) is 11.6. The first kappa shape index (κ1) is 18.7. The Hall–Kier alpha value is -3.26. The van der Waals surface area contributed by atoms with E-state index >= 15 is 0 Å². The molecule has 4 heterocycles. The number of pyridine rings is 1. The summed E-state index contributed by atoms with van der Waals surface area (Å²) in [4.78, 5) is 26.0. The van der Waals surface area contributed by atoms with Gasteiger partial charge in [0.05, 0.1) is 32.8 Å². The van der Waals surface area contributed by atoms with Crippen molar-refractivity contribution in [2.24, 2.45) is 0 Å². The number of fused-ring (bicyclic) bond motifs is 1. The molecule has 30 heavy (non-hydrogen) atoms. The minimum Gasteiger partial charge on any atom is -0.365 e. The number of hydrogen-bond donors (Lipinski definition) is 0. The molecule has 0 aliphatic carbocycles. The number of carbonyl (C=O) groups is 1. The molecule has 3 aromatic heterocycles. The molecule has 1 aromatic carbocycles. The van der Waals surface area contributed by atoms with Gasteiger partial charge in [-0.1, -0.05) is 6.07 Å². The van der Waals surface area contributed by atoms with Crippen LogP contribution in [0.15, 0.2) is 48.1 Å². The standard InChI is InChI=1S/C22H22N6OS/c1-15-21(16(2)28(25-15)20-5-3-4-8-23-20)26-9-11-27(12-10-26)22(29)17-6-7-18-19(13-17)30-14-24-18/h3-8,13-14H,9-12H2,1-2H3. The first-order valence-corrected chi connectivity index (χ1v) is 10.8. The lowest BCUT2D eigenvalue weighted by molar-refractivity contribution is 0.0747. The number of hydrogen-bond acceptors (Lipinski definition) is 6. The summed E-state index contributed by atoms with van der Waals surface area (Å²) in [7, 11) is 0. The van der Waals surface area contributed by atoms with E-state index in [9.17, 15) is 4.79 Å². The zero-order valence-electron chi connectivity index (χ0n) is 16.9. The first-order chi connectivity index (χ1) is 14.6. The van der Waals surface area contributed by atoms with E-state index in [0.29, 0.717) is 13.1 Å². The van der Waals surface area contributed by atoms with Crippen LogP contribution in [-0.4, -0.2) is 56.7 Å². The highest BCUT2D eigenvalue weighted by molar-refractivity contribution is 7.16. The molecular formula is C22H22N6OS. The minimum absolute atomic E-state index is 0.0857. The molecule has 5 rings (SSSR count). The van der Waals surface area contributed by atoms with Crippen molar-refractivity contribution in [2.75, 3.05) is 31.1 Å². The molecule has 1 saturated heterocycles. The molecule has 0 spiro atoms. The molecule has 0 N–H and O–H groups in total. The lowest BCUT2D eigenvalue weighted by atomic mass is 10.1. The third-order valence-corrected chi connectivity index (χ3v) is 6.37. The van der Waals surface area contributed by atoms with Crippen LogP contribution in [-0.2, 0) is 0 Å². The van der Waals surface area contributed by atoms with Crippen molar-refractivity contribution in [2.45, 2.75) is 13.8 Å². The van der Waals surface area contributed by atoms with Crippen LogP contribution in [0.4, 0.5) is 5.69 Å². The van der Waals surface area contributed by atoms with Gasteiger partial charge in [0.15, 0.2) is 5.82 Å². The summed E-state index contributed by atoms with van der Waals surface area (Å²) in [5.74, 6) is 0.902. The summed E-state index contributed by atoms with van der Waals surface area (Å²) in [6.07, 6.45) is 1.78. The van der Waals surface area contributed by atoms with E-state index in [-0.39, 0.29) is 5.91 Å². The number of nitrogens with zero attached hydrogens (tertiary/aromatic N) is 6. The van der Waals surface area contributed by atoms with Gasteiger partial charge in [0.25, 0.3) is 5.91 Å². The maximum absolute atomic E-state index is 13.0. The predicted molar refractivity (Wildman–Crippen MR) is 119 cm³/mol. The monoisotopic (exact) mass is 418 g/mol. The van der Waals surface area contributed by atoms with Crippen LogP contribution in [0.25, 0.3) is 16.0 Å². The van der Waals surface area contributed by atoms with Crippen LogP contribution in [0, 0.1) is 13.8 Å². The van der Waals surface area contributed by atoms with Crippen LogP contribution in [0.1, 0.15) is 21.7 Å². The maximum Gasteiger partial charge on any atom is 0.254 e. The van der Waals surface area contributed by atoms with Gasteiger partial charge < -0.3 is 9.80 Å². The first-order valence-electron chi connectivity index (χ1n) is 9.97. The predicted octanol–water partition coefficient (Wildman–Crippen LogP) is 3.46. The zero-order valence-corrected chi connectivity index (χ0v) is 17.8. The SMILES string of the molecule is Cc1nn(-c2ccccn2)c(C)c1N1CCN(C(=O)c2ccc3ncsc3c2)CC1. The third-order valence-electron chi connectivity index (χ3n) is 5.58. The Morgan fingerprint density at radius 2 is 1.87 bits per heavy atom. The van der Waals surface area contributed by atoms with Crippen molar-refractivity contribution in [1.29, 1.82) is 0 Å². The Balaban J connectivity index is 1.32. The average molecular weight is 419 g/mol. The number of anilines is 1. The van der Waals surface area contributed by atoms with Gasteiger partial charge in [-0.3, -0.25) is 4.79 Å². The fourth-order valence-electron chi connectivity index (χ4n) is 4.10. The number of benzene rings is 1. The van der Waals surface area contributed by atoms with Gasteiger partial charge in [0, 0.05) is 37.9 Å².